The molecule has 0 unspecified atom stereocenters. The third kappa shape index (κ3) is 27.4. The molecule has 0 spiro atoms. The van der Waals surface area contributed by atoms with E-state index < -0.39 is 84.0 Å². The molecule has 2 aromatic carbocycles. The molecule has 1 saturated heterocycles. The molecule has 105 heavy (non-hydrogen) atoms. The van der Waals surface area contributed by atoms with Gasteiger partial charge in [0, 0.05) is 135 Å². The molecule has 0 saturated carbocycles. The molecule has 3 N–H and O–H groups in total. The first-order valence-electron chi connectivity index (χ1n) is 37.4. The molecule has 2 heterocycles. The Morgan fingerprint density at radius 1 is 0.667 bits per heavy atom. The number of nitrogens with two attached hydrogens (primary N) is 1. The number of benzene rings is 2. The highest BCUT2D eigenvalue weighted by molar-refractivity contribution is 6.12. The van der Waals surface area contributed by atoms with E-state index in [2.05, 4.69) is 5.32 Å². The van der Waals surface area contributed by atoms with Gasteiger partial charge in [-0.1, -0.05) is 130 Å². The van der Waals surface area contributed by atoms with Crippen molar-refractivity contribution in [3.8, 4) is 0 Å². The SMILES string of the molecule is CC[C@H](C)[C@@H]([C@@H](CC(=O)N1C[C@@H](OC(=O)N(C)CCN(C)C(=O)OCc2ccc(CC(=O)[C@H](CCCCC(N)=O)CC(=O)[C@@H](CC(=O)CCCCCN3C(=O)C=CC3=O)C(C)C)cc2)C[C@H]1[C@H](OC)[C@@H](C)C(=O)NCC(=O)c1ccc(C)cc1C)OC)N(C)C(=O)[C@@H](CC(=O)[C@H](C(C)C)N(C)C)C(C)C. The van der Waals surface area contributed by atoms with Crippen molar-refractivity contribution in [3.05, 3.63) is 82.4 Å². The van der Waals surface area contributed by atoms with E-state index in [1.165, 1.54) is 55.2 Å². The second-order valence-corrected chi connectivity index (χ2v) is 30.3. The molecule has 11 atom stereocenters. The quantitative estimate of drug-likeness (QED) is 0.0354. The molecule has 25 nitrogen and oxygen atoms in total. The Balaban J connectivity index is 1.43. The largest absolute Gasteiger partial charge is 0.445 e. The van der Waals surface area contributed by atoms with Crippen LogP contribution in [0.2, 0.25) is 0 Å². The van der Waals surface area contributed by atoms with Gasteiger partial charge in [-0.15, -0.1) is 0 Å². The van der Waals surface area contributed by atoms with Gasteiger partial charge in [0.2, 0.25) is 23.6 Å². The number of likely N-dealkylation sites (N-methyl/N-ethyl adjacent to an activating group) is 4. The van der Waals surface area contributed by atoms with E-state index in [1.54, 1.807) is 49.2 Å². The fourth-order valence-electron chi connectivity index (χ4n) is 14.4. The summed E-state index contributed by atoms with van der Waals surface area (Å²) < 4.78 is 24.0. The number of carbonyl (C=O) groups excluding carboxylic acids is 13. The lowest BCUT2D eigenvalue weighted by molar-refractivity contribution is -0.149. The standard InChI is InChI=1S/C80H122N8O17/c1-19-53(9)75(86(16)78(99)63(50(4)5)44-67(92)74(51(6)7)83(12)13)69(102-17)45-73(97)88-47-60(43-64(88)76(103-18)55(11)77(98)82-46-68(93)61-33-28-52(8)39-54(61)10)105-80(101)85(15)38-37-84(14)79(100)104-48-57-31-29-56(30-32-57)40-65(90)58(25-22-23-27-70(81)94)41-66(91)62(49(2)3)42-59(89)26-21-20-24-36-87-71(95)34-35-72(87)96/h28-35,39,49-51,53,55,58,60,62-64,69,74-76H,19-27,36-38,40-48H2,1-18H3,(H2,81,94)(H,82,98)/t53-,55+,58+,60-,62-,63-,64-,69+,74-,75-,76+/m0/s1. The van der Waals surface area contributed by atoms with Crippen LogP contribution in [0.3, 0.4) is 0 Å². The number of unbranched alkanes of at least 4 members (excludes halogenated alkanes) is 3. The van der Waals surface area contributed by atoms with Gasteiger partial charge in [0.05, 0.1) is 55.8 Å². The molecular weight excluding hydrogens is 1340 g/mol. The first-order chi connectivity index (χ1) is 49.5. The number of hydrogen-bond acceptors (Lipinski definition) is 18. The third-order valence-corrected chi connectivity index (χ3v) is 20.9. The maximum atomic E-state index is 15.1. The Kier molecular flexibility index (Phi) is 37.1. The van der Waals surface area contributed by atoms with Gasteiger partial charge in [-0.05, 0) is 94.0 Å². The zero-order valence-electron chi connectivity index (χ0n) is 65.8. The second kappa shape index (κ2) is 43.6. The number of likely N-dealkylation sites (tertiary alicyclic amines) is 1. The number of carbonyl (C=O) groups is 13. The number of nitrogens with zero attached hydrogens (tertiary/aromatic N) is 6. The zero-order valence-corrected chi connectivity index (χ0v) is 65.8. The average Bonchev–Trinajstić information content (AvgIpc) is 1.75. The summed E-state index contributed by atoms with van der Waals surface area (Å²) in [5, 5.41) is 2.77. The lowest BCUT2D eigenvalue weighted by Crippen LogP contribution is -2.54. The molecular formula is C80H122N8O17. The molecule has 0 radical (unpaired) electrons. The topological polar surface area (TPSA) is 316 Å². The molecule has 0 bridgehead atoms. The van der Waals surface area contributed by atoms with E-state index >= 15 is 4.79 Å². The third-order valence-electron chi connectivity index (χ3n) is 20.9. The fourth-order valence-corrected chi connectivity index (χ4v) is 14.4. The van der Waals surface area contributed by atoms with Crippen LogP contribution < -0.4 is 11.1 Å². The maximum Gasteiger partial charge on any atom is 0.409 e. The molecule has 0 aliphatic carbocycles. The van der Waals surface area contributed by atoms with E-state index in [-0.39, 0.29) is 167 Å². The number of aryl methyl sites for hydroxylation is 2. The number of ether oxygens (including phenoxy) is 4. The number of amides is 8. The van der Waals surface area contributed by atoms with Gasteiger partial charge in [-0.3, -0.25) is 62.5 Å². The van der Waals surface area contributed by atoms with Gasteiger partial charge >= 0.3 is 12.2 Å². The van der Waals surface area contributed by atoms with E-state index in [4.69, 9.17) is 24.7 Å². The Morgan fingerprint density at radius 2 is 1.28 bits per heavy atom. The minimum Gasteiger partial charge on any atom is -0.445 e. The molecule has 4 rings (SSSR count). The lowest BCUT2D eigenvalue weighted by Gasteiger charge is -2.41. The summed E-state index contributed by atoms with van der Waals surface area (Å²) in [6.45, 7) is 20.7. The average molecular weight is 1470 g/mol. The summed E-state index contributed by atoms with van der Waals surface area (Å²) in [4.78, 5) is 184. The van der Waals surface area contributed by atoms with Crippen molar-refractivity contribution in [3.63, 3.8) is 0 Å². The van der Waals surface area contributed by atoms with Crippen LogP contribution in [0.4, 0.5) is 9.59 Å². The first-order valence-corrected chi connectivity index (χ1v) is 37.4. The highest BCUT2D eigenvalue weighted by atomic mass is 16.6. The van der Waals surface area contributed by atoms with Gasteiger partial charge < -0.3 is 49.6 Å². The predicted molar refractivity (Wildman–Crippen MR) is 399 cm³/mol. The van der Waals surface area contributed by atoms with Gasteiger partial charge in [-0.2, -0.15) is 0 Å². The Morgan fingerprint density at radius 3 is 1.84 bits per heavy atom. The van der Waals surface area contributed by atoms with E-state index in [0.29, 0.717) is 61.6 Å². The maximum absolute atomic E-state index is 15.1. The molecule has 0 aromatic heterocycles. The zero-order chi connectivity index (χ0) is 78.7. The number of hydrogen-bond donors (Lipinski definition) is 2. The number of methoxy groups -OCH3 is 2. The Labute approximate surface area is 623 Å². The van der Waals surface area contributed by atoms with Crippen LogP contribution in [0, 0.1) is 61.2 Å². The minimum absolute atomic E-state index is 0.00374. The van der Waals surface area contributed by atoms with Crippen LogP contribution in [-0.2, 0) is 79.9 Å². The summed E-state index contributed by atoms with van der Waals surface area (Å²) in [6.07, 6.45) is 2.11. The van der Waals surface area contributed by atoms with Crippen molar-refractivity contribution in [1.29, 1.82) is 0 Å². The molecule has 1 fully saturated rings. The van der Waals surface area contributed by atoms with Gasteiger partial charge in [0.1, 0.15) is 30.1 Å². The number of nitrogens with one attached hydrogen (secondary N) is 1. The van der Waals surface area contributed by atoms with Crippen LogP contribution in [0.15, 0.2) is 54.6 Å². The molecule has 25 heteroatoms. The number of imide groups is 1. The van der Waals surface area contributed by atoms with Gasteiger partial charge in [-0.25, -0.2) is 9.59 Å². The smallest absolute Gasteiger partial charge is 0.409 e. The highest BCUT2D eigenvalue weighted by Gasteiger charge is 2.47. The van der Waals surface area contributed by atoms with Crippen molar-refractivity contribution >= 4 is 76.5 Å². The summed E-state index contributed by atoms with van der Waals surface area (Å²) >= 11 is 0. The Bertz CT molecular complexity index is 3310. The van der Waals surface area contributed by atoms with Crippen molar-refractivity contribution in [1.82, 2.24) is 34.7 Å². The van der Waals surface area contributed by atoms with Crippen LogP contribution in [0.25, 0.3) is 0 Å². The van der Waals surface area contributed by atoms with Gasteiger partial charge in [0.15, 0.2) is 11.6 Å². The van der Waals surface area contributed by atoms with Crippen molar-refractivity contribution in [2.75, 3.05) is 82.2 Å². The predicted octanol–water partition coefficient (Wildman–Crippen LogP) is 9.11. The summed E-state index contributed by atoms with van der Waals surface area (Å²) in [7, 11) is 11.3. The first kappa shape index (κ1) is 89.4. The van der Waals surface area contributed by atoms with Gasteiger partial charge in [0.25, 0.3) is 11.8 Å². The van der Waals surface area contributed by atoms with E-state index in [0.717, 1.165) is 16.0 Å². The van der Waals surface area contributed by atoms with E-state index in [1.807, 2.05) is 100 Å². The fraction of sp³-hybridized carbons (Fsp3) is 0.662. The lowest BCUT2D eigenvalue weighted by atomic mass is 9.80. The van der Waals surface area contributed by atoms with Crippen LogP contribution >= 0.6 is 0 Å². The molecule has 8 amide bonds. The number of rotatable bonds is 47. The number of ketones is 5. The molecule has 584 valence electrons. The summed E-state index contributed by atoms with van der Waals surface area (Å²) in [6, 6.07) is 10.5. The molecule has 2 aromatic rings. The van der Waals surface area contributed by atoms with Crippen LogP contribution in [-0.4, -0.2) is 225 Å². The Hall–Kier alpha value is -8.03. The highest BCUT2D eigenvalue weighted by Crippen LogP contribution is 2.34. The monoisotopic (exact) mass is 1470 g/mol. The summed E-state index contributed by atoms with van der Waals surface area (Å²) in [5.41, 5.74) is 8.90. The number of Topliss-reactive ketones (excluding diaryl/α,β-unsaturated/α-hetero) is 5. The van der Waals surface area contributed by atoms with Crippen molar-refractivity contribution in [2.45, 2.75) is 216 Å². The van der Waals surface area contributed by atoms with Crippen molar-refractivity contribution in [2.24, 2.45) is 53.1 Å². The molecule has 2 aliphatic rings. The summed E-state index contributed by atoms with van der Waals surface area (Å²) in [5.74, 6) is -6.48. The minimum atomic E-state index is -0.970. The second-order valence-electron chi connectivity index (χ2n) is 30.3. The molecule has 2 aliphatic heterocycles. The van der Waals surface area contributed by atoms with Crippen LogP contribution in [0.1, 0.15) is 185 Å². The normalized spacial score (nSPS) is 17.0. The number of primary amides is 1. The van der Waals surface area contributed by atoms with Crippen LogP contribution in [0.5, 0.6) is 0 Å². The van der Waals surface area contributed by atoms with Crippen molar-refractivity contribution < 1.29 is 81.3 Å². The van der Waals surface area contributed by atoms with E-state index in [9.17, 15) is 57.5 Å².